The maximum absolute atomic E-state index is 5.96. The van der Waals surface area contributed by atoms with Gasteiger partial charge < -0.3 is 0 Å². The Kier molecular flexibility index (Phi) is 3.84. The first-order chi connectivity index (χ1) is 7.66. The third-order valence-electron chi connectivity index (χ3n) is 2.22. The molecule has 1 heterocycles. The predicted molar refractivity (Wildman–Crippen MR) is 70.4 cm³/mol. The third-order valence-corrected chi connectivity index (χ3v) is 4.37. The summed E-state index contributed by atoms with van der Waals surface area (Å²) in [6.45, 7) is 4.21. The molecular weight excluding hydrogens is 260 g/mol. The number of nitrogens with zero attached hydrogens (tertiary/aromatic N) is 2. The lowest BCUT2D eigenvalue weighted by Gasteiger charge is -2.05. The molecule has 0 aliphatic heterocycles. The molecule has 0 aliphatic carbocycles. The average Bonchev–Trinajstić information content (AvgIpc) is 2.66. The van der Waals surface area contributed by atoms with Crippen LogP contribution in [-0.2, 0) is 5.75 Å². The molecule has 2 rings (SSSR count). The quantitative estimate of drug-likeness (QED) is 0.786. The SMILES string of the molecule is Cc1ccc(C)c(SCc2nnsc2Cl)c1. The van der Waals surface area contributed by atoms with Gasteiger partial charge in [-0.25, -0.2) is 0 Å². The van der Waals surface area contributed by atoms with Crippen molar-refractivity contribution in [2.24, 2.45) is 0 Å². The smallest absolute Gasteiger partial charge is 0.138 e. The molecule has 0 radical (unpaired) electrons. The first-order valence-electron chi connectivity index (χ1n) is 4.83. The summed E-state index contributed by atoms with van der Waals surface area (Å²) < 4.78 is 4.51. The standard InChI is InChI=1S/C11H11ClN2S2/c1-7-3-4-8(2)10(5-7)15-6-9-11(12)16-14-13-9/h3-5H,6H2,1-2H3. The van der Waals surface area contributed by atoms with E-state index in [1.54, 1.807) is 11.8 Å². The van der Waals surface area contributed by atoms with Gasteiger partial charge in [0.15, 0.2) is 0 Å². The van der Waals surface area contributed by atoms with Crippen molar-refractivity contribution in [1.29, 1.82) is 0 Å². The molecule has 84 valence electrons. The van der Waals surface area contributed by atoms with Crippen LogP contribution < -0.4 is 0 Å². The highest BCUT2D eigenvalue weighted by Gasteiger charge is 2.07. The van der Waals surface area contributed by atoms with Crippen LogP contribution in [0.5, 0.6) is 0 Å². The normalized spacial score (nSPS) is 10.7. The van der Waals surface area contributed by atoms with E-state index in [0.29, 0.717) is 4.34 Å². The molecule has 0 bridgehead atoms. The molecule has 0 amide bonds. The summed E-state index contributed by atoms with van der Waals surface area (Å²) in [5, 5.41) is 4.00. The molecule has 0 saturated carbocycles. The van der Waals surface area contributed by atoms with Crippen molar-refractivity contribution >= 4 is 34.9 Å². The van der Waals surface area contributed by atoms with Crippen LogP contribution in [0, 0.1) is 13.8 Å². The number of aromatic nitrogens is 2. The zero-order chi connectivity index (χ0) is 11.5. The van der Waals surface area contributed by atoms with E-state index in [1.165, 1.54) is 27.6 Å². The fraction of sp³-hybridized carbons (Fsp3) is 0.273. The van der Waals surface area contributed by atoms with Gasteiger partial charge in [0, 0.05) is 22.2 Å². The molecule has 16 heavy (non-hydrogen) atoms. The molecule has 0 fully saturated rings. The molecule has 0 spiro atoms. The van der Waals surface area contributed by atoms with Crippen molar-refractivity contribution in [2.75, 3.05) is 0 Å². The van der Waals surface area contributed by atoms with Crippen LogP contribution in [0.4, 0.5) is 0 Å². The maximum Gasteiger partial charge on any atom is 0.138 e. The molecule has 0 saturated heterocycles. The Morgan fingerprint density at radius 3 is 2.88 bits per heavy atom. The van der Waals surface area contributed by atoms with Crippen LogP contribution in [0.15, 0.2) is 23.1 Å². The molecule has 0 unspecified atom stereocenters. The second kappa shape index (κ2) is 5.17. The minimum absolute atomic E-state index is 0.692. The monoisotopic (exact) mass is 270 g/mol. The lowest BCUT2D eigenvalue weighted by Crippen LogP contribution is -1.85. The van der Waals surface area contributed by atoms with Gasteiger partial charge in [-0.15, -0.1) is 16.9 Å². The van der Waals surface area contributed by atoms with E-state index >= 15 is 0 Å². The maximum atomic E-state index is 5.96. The fourth-order valence-corrected chi connectivity index (χ4v) is 3.15. The van der Waals surface area contributed by atoms with Gasteiger partial charge in [-0.05, 0) is 25.5 Å². The largest absolute Gasteiger partial charge is 0.141 e. The number of thioether (sulfide) groups is 1. The highest BCUT2D eigenvalue weighted by molar-refractivity contribution is 7.98. The summed E-state index contributed by atoms with van der Waals surface area (Å²) >= 11 is 8.95. The van der Waals surface area contributed by atoms with Crippen molar-refractivity contribution < 1.29 is 0 Å². The summed E-state index contributed by atoms with van der Waals surface area (Å²) in [4.78, 5) is 1.28. The Labute approximate surface area is 108 Å². The van der Waals surface area contributed by atoms with E-state index in [0.717, 1.165) is 11.4 Å². The number of hydrogen-bond donors (Lipinski definition) is 0. The minimum atomic E-state index is 0.692. The predicted octanol–water partition coefficient (Wildman–Crippen LogP) is 4.10. The number of hydrogen-bond acceptors (Lipinski definition) is 4. The Bertz CT molecular complexity index is 496. The van der Waals surface area contributed by atoms with E-state index in [9.17, 15) is 0 Å². The topological polar surface area (TPSA) is 25.8 Å². The molecule has 0 aliphatic rings. The number of halogens is 1. The first-order valence-corrected chi connectivity index (χ1v) is 6.97. The zero-order valence-electron chi connectivity index (χ0n) is 9.03. The van der Waals surface area contributed by atoms with Gasteiger partial charge in [-0.2, -0.15) is 0 Å². The number of aryl methyl sites for hydroxylation is 2. The molecule has 0 atom stereocenters. The Morgan fingerprint density at radius 1 is 1.38 bits per heavy atom. The van der Waals surface area contributed by atoms with Gasteiger partial charge in [-0.1, -0.05) is 33.8 Å². The van der Waals surface area contributed by atoms with Crippen molar-refractivity contribution in [2.45, 2.75) is 24.5 Å². The molecular formula is C11H11ClN2S2. The molecule has 1 aromatic heterocycles. The van der Waals surface area contributed by atoms with Crippen molar-refractivity contribution in [3.05, 3.63) is 39.4 Å². The number of rotatable bonds is 3. The van der Waals surface area contributed by atoms with Crippen molar-refractivity contribution in [3.8, 4) is 0 Å². The van der Waals surface area contributed by atoms with Gasteiger partial charge in [-0.3, -0.25) is 0 Å². The van der Waals surface area contributed by atoms with E-state index in [-0.39, 0.29) is 0 Å². The summed E-state index contributed by atoms with van der Waals surface area (Å²) in [5.74, 6) is 0.777. The van der Waals surface area contributed by atoms with Crippen LogP contribution >= 0.6 is 34.9 Å². The highest BCUT2D eigenvalue weighted by atomic mass is 35.5. The van der Waals surface area contributed by atoms with Crippen molar-refractivity contribution in [3.63, 3.8) is 0 Å². The van der Waals surface area contributed by atoms with Crippen LogP contribution in [0.25, 0.3) is 0 Å². The first kappa shape index (κ1) is 11.9. The molecule has 1 aromatic carbocycles. The van der Waals surface area contributed by atoms with Gasteiger partial charge >= 0.3 is 0 Å². The van der Waals surface area contributed by atoms with E-state index in [1.807, 2.05) is 0 Å². The van der Waals surface area contributed by atoms with E-state index in [4.69, 9.17) is 11.6 Å². The molecule has 2 nitrogen and oxygen atoms in total. The Morgan fingerprint density at radius 2 is 2.19 bits per heavy atom. The van der Waals surface area contributed by atoms with Crippen LogP contribution in [0.1, 0.15) is 16.8 Å². The summed E-state index contributed by atoms with van der Waals surface area (Å²) in [6, 6.07) is 6.45. The van der Waals surface area contributed by atoms with Crippen LogP contribution in [0.3, 0.4) is 0 Å². The lowest BCUT2D eigenvalue weighted by atomic mass is 10.2. The molecule has 0 N–H and O–H groups in total. The Balaban J connectivity index is 2.10. The van der Waals surface area contributed by atoms with Crippen LogP contribution in [0.2, 0.25) is 4.34 Å². The van der Waals surface area contributed by atoms with Crippen LogP contribution in [-0.4, -0.2) is 9.59 Å². The van der Waals surface area contributed by atoms with Gasteiger partial charge in [0.1, 0.15) is 10.0 Å². The second-order valence-electron chi connectivity index (χ2n) is 3.55. The molecule has 2 aromatic rings. The minimum Gasteiger partial charge on any atom is -0.141 e. The Hall–Kier alpha value is -0.580. The van der Waals surface area contributed by atoms with Gasteiger partial charge in [0.25, 0.3) is 0 Å². The van der Waals surface area contributed by atoms with E-state index < -0.39 is 0 Å². The van der Waals surface area contributed by atoms with Gasteiger partial charge in [0.2, 0.25) is 0 Å². The van der Waals surface area contributed by atoms with Gasteiger partial charge in [0.05, 0.1) is 0 Å². The zero-order valence-corrected chi connectivity index (χ0v) is 11.4. The fourth-order valence-electron chi connectivity index (χ4n) is 1.29. The highest BCUT2D eigenvalue weighted by Crippen LogP contribution is 2.29. The second-order valence-corrected chi connectivity index (χ2v) is 5.92. The summed E-state index contributed by atoms with van der Waals surface area (Å²) in [6.07, 6.45) is 0. The van der Waals surface area contributed by atoms with E-state index in [2.05, 4.69) is 41.6 Å². The summed E-state index contributed by atoms with van der Waals surface area (Å²) in [7, 11) is 0. The summed E-state index contributed by atoms with van der Waals surface area (Å²) in [5.41, 5.74) is 3.43. The molecule has 5 heteroatoms. The van der Waals surface area contributed by atoms with Crippen molar-refractivity contribution in [1.82, 2.24) is 9.59 Å². The third kappa shape index (κ3) is 2.75. The lowest BCUT2D eigenvalue weighted by molar-refractivity contribution is 1.07. The number of benzene rings is 1. The average molecular weight is 271 g/mol.